The topological polar surface area (TPSA) is 52.8 Å². The van der Waals surface area contributed by atoms with Crippen molar-refractivity contribution in [2.45, 2.75) is 99.6 Å². The molecular weight excluding hydrogens is 629 g/mol. The van der Waals surface area contributed by atoms with E-state index in [1.54, 1.807) is 7.11 Å². The van der Waals surface area contributed by atoms with Crippen LogP contribution in [-0.4, -0.2) is 47.0 Å². The Labute approximate surface area is 306 Å². The number of ketones is 1. The van der Waals surface area contributed by atoms with Gasteiger partial charge in [-0.15, -0.1) is 0 Å². The number of carbonyl (C=O) groups is 1. The molecule has 0 spiro atoms. The lowest BCUT2D eigenvalue weighted by atomic mass is 9.80. The normalized spacial score (nSPS) is 16.0. The average molecular weight is 686 g/mol. The van der Waals surface area contributed by atoms with Crippen molar-refractivity contribution in [1.29, 1.82) is 0 Å². The molecule has 3 aromatic carbocycles. The van der Waals surface area contributed by atoms with Crippen molar-refractivity contribution in [3.63, 3.8) is 0 Å². The molecule has 0 saturated heterocycles. The van der Waals surface area contributed by atoms with Gasteiger partial charge in [0.05, 0.1) is 23.3 Å². The molecule has 0 saturated carbocycles. The Hall–Kier alpha value is -4.48. The zero-order valence-electron chi connectivity index (χ0n) is 32.2. The Balaban J connectivity index is 1.46. The zero-order chi connectivity index (χ0) is 36.8. The van der Waals surface area contributed by atoms with Crippen LogP contribution < -0.4 is 4.90 Å². The van der Waals surface area contributed by atoms with Gasteiger partial charge in [0, 0.05) is 48.2 Å². The van der Waals surface area contributed by atoms with E-state index in [9.17, 15) is 9.90 Å². The van der Waals surface area contributed by atoms with E-state index in [4.69, 9.17) is 4.74 Å². The molecule has 0 heterocycles. The highest BCUT2D eigenvalue weighted by Crippen LogP contribution is 2.40. The Morgan fingerprint density at radius 3 is 2.00 bits per heavy atom. The lowest BCUT2D eigenvalue weighted by Crippen LogP contribution is -2.39. The van der Waals surface area contributed by atoms with E-state index in [0.717, 1.165) is 42.0 Å². The lowest BCUT2D eigenvalue weighted by molar-refractivity contribution is -0.449. The molecule has 1 N–H and O–H groups in total. The lowest BCUT2D eigenvalue weighted by Gasteiger charge is -2.37. The fourth-order valence-electron chi connectivity index (χ4n) is 7.70. The van der Waals surface area contributed by atoms with Crippen molar-refractivity contribution in [2.24, 2.45) is 5.92 Å². The summed E-state index contributed by atoms with van der Waals surface area (Å²) in [6.45, 7) is 18.4. The van der Waals surface area contributed by atoms with Crippen LogP contribution in [0.1, 0.15) is 87.6 Å². The fourth-order valence-corrected chi connectivity index (χ4v) is 7.70. The predicted molar refractivity (Wildman–Crippen MR) is 214 cm³/mol. The first-order valence-corrected chi connectivity index (χ1v) is 18.8. The quantitative estimate of drug-likeness (QED) is 0.136. The van der Waals surface area contributed by atoms with Gasteiger partial charge in [0.15, 0.2) is 6.54 Å². The first-order valence-electron chi connectivity index (χ1n) is 18.8. The molecule has 5 rings (SSSR count). The van der Waals surface area contributed by atoms with Crippen molar-refractivity contribution in [3.05, 3.63) is 130 Å². The van der Waals surface area contributed by atoms with Crippen LogP contribution in [0.2, 0.25) is 0 Å². The molecule has 2 aliphatic rings. The number of rotatable bonds is 14. The van der Waals surface area contributed by atoms with Gasteiger partial charge in [-0.3, -0.25) is 4.79 Å². The molecule has 0 aromatic heterocycles. The fraction of sp³-hybridized carbons (Fsp3) is 0.391. The van der Waals surface area contributed by atoms with E-state index in [-0.39, 0.29) is 23.7 Å². The number of benzene rings is 3. The number of allylic oxidation sites excluding steroid dienone is 7. The van der Waals surface area contributed by atoms with E-state index in [1.807, 2.05) is 36.4 Å². The van der Waals surface area contributed by atoms with Gasteiger partial charge < -0.3 is 14.7 Å². The molecule has 51 heavy (non-hydrogen) atoms. The zero-order valence-corrected chi connectivity index (χ0v) is 32.2. The number of ether oxygens (including phenoxy) is 1. The summed E-state index contributed by atoms with van der Waals surface area (Å²) in [7, 11) is 1.77. The maximum absolute atomic E-state index is 13.7. The van der Waals surface area contributed by atoms with Crippen LogP contribution in [0.25, 0.3) is 5.57 Å². The number of carbonyl (C=O) groups excluding carboxylic acids is 1. The van der Waals surface area contributed by atoms with E-state index in [0.29, 0.717) is 22.6 Å². The number of methoxy groups -OCH3 is 1. The number of hydrogen-bond donors (Lipinski definition) is 1. The first kappa shape index (κ1) is 37.8. The molecule has 3 aromatic rings. The Bertz CT molecular complexity index is 1880. The van der Waals surface area contributed by atoms with Crippen LogP contribution in [0, 0.1) is 33.6 Å². The van der Waals surface area contributed by atoms with E-state index < -0.39 is 0 Å². The summed E-state index contributed by atoms with van der Waals surface area (Å²) in [5.74, 6) is 0.510. The minimum atomic E-state index is -0.130. The SMILES string of the molecule is CCCCC(CC)C[N+](=C1C=CC(=C2C(=O)C(c3ccc(N(c4ccc(C)cc4C)C(C)C(CC)OC)cc3)=C2O)C=C1)c1ccc(C)cc1C. The number of aliphatic hydroxyl groups is 1. The van der Waals surface area contributed by atoms with Gasteiger partial charge >= 0.3 is 0 Å². The summed E-state index contributed by atoms with van der Waals surface area (Å²) in [4.78, 5) is 16.0. The van der Waals surface area contributed by atoms with Crippen molar-refractivity contribution >= 4 is 34.1 Å². The molecule has 3 atom stereocenters. The molecular formula is C46H57N2O3+. The molecule has 0 fully saturated rings. The Morgan fingerprint density at radius 1 is 0.804 bits per heavy atom. The van der Waals surface area contributed by atoms with Crippen LogP contribution in [0.3, 0.4) is 0 Å². The molecule has 5 nitrogen and oxygen atoms in total. The average Bonchev–Trinajstić information content (AvgIpc) is 3.11. The van der Waals surface area contributed by atoms with E-state index >= 15 is 0 Å². The summed E-state index contributed by atoms with van der Waals surface area (Å²) in [6, 6.07) is 21.2. The number of hydrogen-bond acceptors (Lipinski definition) is 4. The van der Waals surface area contributed by atoms with Gasteiger partial charge in [0.1, 0.15) is 5.76 Å². The number of nitrogens with zero attached hydrogens (tertiary/aromatic N) is 2. The summed E-state index contributed by atoms with van der Waals surface area (Å²) in [5, 5.41) is 11.3. The molecule has 0 aliphatic heterocycles. The van der Waals surface area contributed by atoms with Crippen molar-refractivity contribution < 1.29 is 19.2 Å². The second-order valence-corrected chi connectivity index (χ2v) is 14.4. The van der Waals surface area contributed by atoms with Gasteiger partial charge in [0.2, 0.25) is 17.2 Å². The molecule has 5 heteroatoms. The maximum atomic E-state index is 13.7. The predicted octanol–water partition coefficient (Wildman–Crippen LogP) is 11.1. The first-order chi connectivity index (χ1) is 24.5. The molecule has 0 bridgehead atoms. The third-order valence-electron chi connectivity index (χ3n) is 10.7. The van der Waals surface area contributed by atoms with Gasteiger partial charge in [-0.2, -0.15) is 4.58 Å². The summed E-state index contributed by atoms with van der Waals surface area (Å²) in [5.41, 5.74) is 11.5. The molecule has 3 unspecified atom stereocenters. The van der Waals surface area contributed by atoms with Gasteiger partial charge in [0.25, 0.3) is 0 Å². The molecule has 268 valence electrons. The van der Waals surface area contributed by atoms with Gasteiger partial charge in [-0.25, -0.2) is 0 Å². The minimum absolute atomic E-state index is 0.0380. The number of aryl methyl sites for hydroxylation is 4. The highest BCUT2D eigenvalue weighted by Gasteiger charge is 2.37. The number of Topliss-reactive ketones (excluding diaryl/α,β-unsaturated/α-hetero) is 1. The summed E-state index contributed by atoms with van der Waals surface area (Å²) < 4.78 is 8.30. The molecule has 2 aliphatic carbocycles. The smallest absolute Gasteiger partial charge is 0.208 e. The van der Waals surface area contributed by atoms with Crippen molar-refractivity contribution in [3.8, 4) is 0 Å². The second-order valence-electron chi connectivity index (χ2n) is 14.4. The monoisotopic (exact) mass is 685 g/mol. The van der Waals surface area contributed by atoms with Crippen LogP contribution >= 0.6 is 0 Å². The summed E-state index contributed by atoms with van der Waals surface area (Å²) in [6.07, 6.45) is 13.8. The summed E-state index contributed by atoms with van der Waals surface area (Å²) >= 11 is 0. The number of aliphatic hydroxyl groups excluding tert-OH is 1. The van der Waals surface area contributed by atoms with Crippen LogP contribution in [0.4, 0.5) is 17.1 Å². The third kappa shape index (κ3) is 8.05. The van der Waals surface area contributed by atoms with E-state index in [1.165, 1.54) is 47.2 Å². The highest BCUT2D eigenvalue weighted by atomic mass is 16.5. The van der Waals surface area contributed by atoms with Crippen LogP contribution in [0.15, 0.2) is 102 Å². The molecule has 0 amide bonds. The maximum Gasteiger partial charge on any atom is 0.208 e. The van der Waals surface area contributed by atoms with Crippen LogP contribution in [0.5, 0.6) is 0 Å². The van der Waals surface area contributed by atoms with Gasteiger partial charge in [-0.1, -0.05) is 75.1 Å². The second kappa shape index (κ2) is 16.7. The largest absolute Gasteiger partial charge is 0.506 e. The Morgan fingerprint density at radius 2 is 1.45 bits per heavy atom. The number of unbranched alkanes of at least 4 members (excludes halogenated alkanes) is 1. The highest BCUT2D eigenvalue weighted by molar-refractivity contribution is 6.39. The third-order valence-corrected chi connectivity index (χ3v) is 10.7. The standard InChI is InChI=1S/C46H56N2O3/c1-10-13-14-35(11-2)29-47(40-25-15-30(4)27-32(40)6)38-21-17-36(18-22-38)43-45(49)44(46(43)50)37-19-23-39(24-20-37)48(34(8)42(12-3)51-9)41-26-16-31(5)28-33(41)7/h15-28,34-35,42H,10-14,29H2,1-9H3/p+1. The van der Waals surface area contributed by atoms with Gasteiger partial charge in [-0.05, 0) is 107 Å². The molecule has 0 radical (unpaired) electrons. The minimum Gasteiger partial charge on any atom is -0.506 e. The van der Waals surface area contributed by atoms with Crippen molar-refractivity contribution in [2.75, 3.05) is 18.6 Å². The van der Waals surface area contributed by atoms with E-state index in [2.05, 4.69) is 113 Å². The number of anilines is 2. The Kier molecular flexibility index (Phi) is 12.4. The van der Waals surface area contributed by atoms with Crippen LogP contribution in [-0.2, 0) is 9.53 Å². The van der Waals surface area contributed by atoms with Crippen molar-refractivity contribution in [1.82, 2.24) is 0 Å².